The molecule has 2 rings (SSSR count). The second-order valence-electron chi connectivity index (χ2n) is 7.91. The Hall–Kier alpha value is -2.41. The summed E-state index contributed by atoms with van der Waals surface area (Å²) in [7, 11) is 0. The van der Waals surface area contributed by atoms with Gasteiger partial charge in [-0.25, -0.2) is 0 Å². The van der Waals surface area contributed by atoms with Crippen molar-refractivity contribution in [2.24, 2.45) is 11.8 Å². The topological polar surface area (TPSA) is 116 Å². The third kappa shape index (κ3) is 6.34. The van der Waals surface area contributed by atoms with Crippen LogP contribution in [0.1, 0.15) is 57.4 Å². The van der Waals surface area contributed by atoms with Gasteiger partial charge in [-0.2, -0.15) is 0 Å². The number of rotatable bonds is 10. The maximum Gasteiger partial charge on any atom is 0.320 e. The molecule has 1 amide bonds. The number of carboxylic acid groups (broad SMARTS) is 2. The van der Waals surface area contributed by atoms with Crippen molar-refractivity contribution in [3.8, 4) is 0 Å². The number of aliphatic carboxylic acids is 2. The molecule has 0 aliphatic heterocycles. The van der Waals surface area contributed by atoms with E-state index in [-0.39, 0.29) is 24.3 Å². The minimum absolute atomic E-state index is 0.0136. The first-order valence-electron chi connectivity index (χ1n) is 9.87. The summed E-state index contributed by atoms with van der Waals surface area (Å²) in [5, 5.41) is 24.6. The number of anilines is 1. The second-order valence-corrected chi connectivity index (χ2v) is 7.91. The highest BCUT2D eigenvalue weighted by Crippen LogP contribution is 2.26. The maximum atomic E-state index is 12.2. The van der Waals surface area contributed by atoms with E-state index < -0.39 is 23.9 Å². The van der Waals surface area contributed by atoms with E-state index in [1.54, 1.807) is 24.3 Å². The van der Waals surface area contributed by atoms with E-state index in [2.05, 4.69) is 10.6 Å². The van der Waals surface area contributed by atoms with E-state index in [1.807, 2.05) is 13.8 Å². The summed E-state index contributed by atoms with van der Waals surface area (Å²) >= 11 is 0. The third-order valence-corrected chi connectivity index (χ3v) is 5.18. The van der Waals surface area contributed by atoms with Crippen molar-refractivity contribution in [3.05, 3.63) is 29.8 Å². The van der Waals surface area contributed by atoms with Crippen molar-refractivity contribution in [2.45, 2.75) is 57.9 Å². The van der Waals surface area contributed by atoms with Gasteiger partial charge < -0.3 is 20.8 Å². The number of benzene rings is 1. The molecular formula is C21H30N2O5. The molecule has 7 heteroatoms. The molecule has 1 aromatic carbocycles. The lowest BCUT2D eigenvalue weighted by molar-refractivity contribution is -0.142. The maximum absolute atomic E-state index is 12.2. The normalized spacial score (nSPS) is 16.7. The van der Waals surface area contributed by atoms with E-state index in [0.717, 1.165) is 25.7 Å². The van der Waals surface area contributed by atoms with Crippen molar-refractivity contribution in [1.29, 1.82) is 0 Å². The van der Waals surface area contributed by atoms with E-state index >= 15 is 0 Å². The Bertz CT molecular complexity index is 681. The molecule has 0 heterocycles. The molecule has 1 saturated carbocycles. The predicted octanol–water partition coefficient (Wildman–Crippen LogP) is 3.07. The summed E-state index contributed by atoms with van der Waals surface area (Å²) in [5.74, 6) is -2.62. The van der Waals surface area contributed by atoms with E-state index in [4.69, 9.17) is 0 Å². The Labute approximate surface area is 165 Å². The molecule has 0 aromatic heterocycles. The lowest BCUT2D eigenvalue weighted by Crippen LogP contribution is -2.41. The smallest absolute Gasteiger partial charge is 0.320 e. The van der Waals surface area contributed by atoms with Gasteiger partial charge >= 0.3 is 11.9 Å². The van der Waals surface area contributed by atoms with Gasteiger partial charge in [0.2, 0.25) is 5.91 Å². The predicted molar refractivity (Wildman–Crippen MR) is 106 cm³/mol. The quantitative estimate of drug-likeness (QED) is 0.488. The van der Waals surface area contributed by atoms with Crippen molar-refractivity contribution in [2.75, 3.05) is 11.9 Å². The molecule has 1 aliphatic rings. The molecular weight excluding hydrogens is 360 g/mol. The van der Waals surface area contributed by atoms with Gasteiger partial charge in [0.15, 0.2) is 0 Å². The molecule has 1 aromatic rings. The van der Waals surface area contributed by atoms with E-state index in [9.17, 15) is 24.6 Å². The molecule has 28 heavy (non-hydrogen) atoms. The fraction of sp³-hybridized carbons (Fsp3) is 0.571. The van der Waals surface area contributed by atoms with Crippen LogP contribution in [-0.4, -0.2) is 40.6 Å². The standard InChI is InChI=1S/C21H30N2O5/c1-13(2)11-18(21(27)28)22-12-17(20(25)26)14-7-9-16(10-8-14)23-19(24)15-5-3-4-6-15/h7-10,13,15,17-18,22H,3-6,11-12H2,1-2H3,(H,23,24)(H,25,26)(H,27,28). The molecule has 0 bridgehead atoms. The summed E-state index contributed by atoms with van der Waals surface area (Å²) in [4.78, 5) is 35.2. The molecule has 4 N–H and O–H groups in total. The number of nitrogens with one attached hydrogen (secondary N) is 2. The number of hydrogen-bond donors (Lipinski definition) is 4. The van der Waals surface area contributed by atoms with E-state index in [0.29, 0.717) is 17.7 Å². The lowest BCUT2D eigenvalue weighted by Gasteiger charge is -2.20. The van der Waals surface area contributed by atoms with Crippen LogP contribution in [0.2, 0.25) is 0 Å². The van der Waals surface area contributed by atoms with Crippen LogP contribution in [0.4, 0.5) is 5.69 Å². The van der Waals surface area contributed by atoms with Gasteiger partial charge in [0.05, 0.1) is 5.92 Å². The zero-order valence-corrected chi connectivity index (χ0v) is 16.5. The molecule has 2 atom stereocenters. The molecule has 0 spiro atoms. The van der Waals surface area contributed by atoms with Gasteiger partial charge in [-0.3, -0.25) is 14.4 Å². The molecule has 0 radical (unpaired) electrons. The van der Waals surface area contributed by atoms with Crippen molar-refractivity contribution in [3.63, 3.8) is 0 Å². The van der Waals surface area contributed by atoms with Gasteiger partial charge in [-0.05, 0) is 42.9 Å². The summed E-state index contributed by atoms with van der Waals surface area (Å²) in [6.07, 6.45) is 4.42. The molecule has 0 saturated heterocycles. The van der Waals surface area contributed by atoms with Crippen LogP contribution in [0.5, 0.6) is 0 Å². The Kier molecular flexibility index (Phi) is 7.99. The SMILES string of the molecule is CC(C)CC(NCC(C(=O)O)c1ccc(NC(=O)C2CCCC2)cc1)C(=O)O. The van der Waals surface area contributed by atoms with E-state index in [1.165, 1.54) is 0 Å². The minimum atomic E-state index is -1.02. The van der Waals surface area contributed by atoms with Crippen LogP contribution in [-0.2, 0) is 14.4 Å². The van der Waals surface area contributed by atoms with Gasteiger partial charge in [0.25, 0.3) is 0 Å². The van der Waals surface area contributed by atoms with Crippen LogP contribution >= 0.6 is 0 Å². The number of hydrogen-bond acceptors (Lipinski definition) is 4. The van der Waals surface area contributed by atoms with Crippen molar-refractivity contribution in [1.82, 2.24) is 5.32 Å². The average molecular weight is 390 g/mol. The first kappa shape index (κ1) is 21.9. The van der Waals surface area contributed by atoms with Crippen LogP contribution in [0.15, 0.2) is 24.3 Å². The first-order chi connectivity index (χ1) is 13.3. The van der Waals surface area contributed by atoms with Gasteiger partial charge in [0, 0.05) is 18.2 Å². The van der Waals surface area contributed by atoms with Crippen LogP contribution < -0.4 is 10.6 Å². The minimum Gasteiger partial charge on any atom is -0.481 e. The molecule has 154 valence electrons. The number of carbonyl (C=O) groups excluding carboxylic acids is 1. The van der Waals surface area contributed by atoms with Crippen molar-refractivity contribution >= 4 is 23.5 Å². The zero-order chi connectivity index (χ0) is 20.7. The zero-order valence-electron chi connectivity index (χ0n) is 16.5. The highest BCUT2D eigenvalue weighted by atomic mass is 16.4. The van der Waals surface area contributed by atoms with Crippen LogP contribution in [0.3, 0.4) is 0 Å². The third-order valence-electron chi connectivity index (χ3n) is 5.18. The lowest BCUT2D eigenvalue weighted by atomic mass is 9.97. The molecule has 2 unspecified atom stereocenters. The summed E-state index contributed by atoms with van der Waals surface area (Å²) in [6.45, 7) is 3.86. The van der Waals surface area contributed by atoms with Gasteiger partial charge in [-0.15, -0.1) is 0 Å². The molecule has 7 nitrogen and oxygen atoms in total. The number of carbonyl (C=O) groups is 3. The Morgan fingerprint density at radius 3 is 2.14 bits per heavy atom. The molecule has 1 fully saturated rings. The van der Waals surface area contributed by atoms with Crippen molar-refractivity contribution < 1.29 is 24.6 Å². The fourth-order valence-corrected chi connectivity index (χ4v) is 3.58. The number of amides is 1. The highest BCUT2D eigenvalue weighted by Gasteiger charge is 2.25. The summed E-state index contributed by atoms with van der Waals surface area (Å²) < 4.78 is 0. The molecule has 1 aliphatic carbocycles. The van der Waals surface area contributed by atoms with Crippen LogP contribution in [0.25, 0.3) is 0 Å². The van der Waals surface area contributed by atoms with Gasteiger partial charge in [-0.1, -0.05) is 38.8 Å². The monoisotopic (exact) mass is 390 g/mol. The average Bonchev–Trinajstić information content (AvgIpc) is 3.16. The summed E-state index contributed by atoms with van der Waals surface area (Å²) in [5.41, 5.74) is 1.20. The largest absolute Gasteiger partial charge is 0.481 e. The fourth-order valence-electron chi connectivity index (χ4n) is 3.58. The Balaban J connectivity index is 1.99. The first-order valence-corrected chi connectivity index (χ1v) is 9.87. The Morgan fingerprint density at radius 1 is 1.04 bits per heavy atom. The second kappa shape index (κ2) is 10.2. The Morgan fingerprint density at radius 2 is 1.64 bits per heavy atom. The number of carboxylic acids is 2. The van der Waals surface area contributed by atoms with Crippen LogP contribution in [0, 0.1) is 11.8 Å². The summed E-state index contributed by atoms with van der Waals surface area (Å²) in [6, 6.07) is 5.94. The highest BCUT2D eigenvalue weighted by molar-refractivity contribution is 5.92. The van der Waals surface area contributed by atoms with Gasteiger partial charge in [0.1, 0.15) is 6.04 Å².